The van der Waals surface area contributed by atoms with Crippen molar-refractivity contribution >= 4 is 11.7 Å². The summed E-state index contributed by atoms with van der Waals surface area (Å²) < 4.78 is 0. The lowest BCUT2D eigenvalue weighted by Crippen LogP contribution is -2.43. The monoisotopic (exact) mass is 317 g/mol. The Labute approximate surface area is 140 Å². The van der Waals surface area contributed by atoms with E-state index in [1.807, 2.05) is 20.3 Å². The summed E-state index contributed by atoms with van der Waals surface area (Å²) in [4.78, 5) is 20.9. The topological polar surface area (TPSA) is 36.4 Å². The van der Waals surface area contributed by atoms with Gasteiger partial charge in [0, 0.05) is 26.8 Å². The predicted molar refractivity (Wildman–Crippen MR) is 95.8 cm³/mol. The van der Waals surface area contributed by atoms with Gasteiger partial charge in [0.15, 0.2) is 0 Å². The van der Waals surface area contributed by atoms with Crippen molar-refractivity contribution in [1.29, 1.82) is 0 Å². The van der Waals surface area contributed by atoms with Gasteiger partial charge >= 0.3 is 0 Å². The van der Waals surface area contributed by atoms with Gasteiger partial charge in [0.1, 0.15) is 11.9 Å². The van der Waals surface area contributed by atoms with Crippen LogP contribution in [-0.2, 0) is 10.2 Å². The van der Waals surface area contributed by atoms with Gasteiger partial charge < -0.3 is 9.80 Å². The van der Waals surface area contributed by atoms with E-state index in [9.17, 15) is 4.79 Å². The largest absolute Gasteiger partial charge is 0.347 e. The summed E-state index contributed by atoms with van der Waals surface area (Å²) in [5, 5.41) is 0. The first-order valence-electron chi connectivity index (χ1n) is 8.50. The van der Waals surface area contributed by atoms with E-state index in [1.165, 1.54) is 5.56 Å². The molecule has 1 saturated heterocycles. The van der Waals surface area contributed by atoms with E-state index in [1.54, 1.807) is 4.90 Å². The summed E-state index contributed by atoms with van der Waals surface area (Å²) in [6.45, 7) is 12.2. The molecule has 0 spiro atoms. The van der Waals surface area contributed by atoms with Crippen molar-refractivity contribution in [1.82, 2.24) is 9.88 Å². The first kappa shape index (κ1) is 17.8. The van der Waals surface area contributed by atoms with Crippen LogP contribution in [0.5, 0.6) is 0 Å². The smallest absolute Gasteiger partial charge is 0.244 e. The molecule has 1 amide bonds. The maximum Gasteiger partial charge on any atom is 0.244 e. The van der Waals surface area contributed by atoms with Crippen LogP contribution < -0.4 is 4.90 Å². The van der Waals surface area contributed by atoms with Gasteiger partial charge in [-0.25, -0.2) is 4.98 Å². The van der Waals surface area contributed by atoms with Crippen molar-refractivity contribution < 1.29 is 4.79 Å². The molecule has 1 fully saturated rings. The zero-order chi connectivity index (χ0) is 17.4. The van der Waals surface area contributed by atoms with Crippen LogP contribution in [0, 0.1) is 5.41 Å². The standard InChI is InChI=1S/C19H31N3O/c1-18(2,3)19(4,5)14-10-11-16(20-13-14)22-12-8-9-15(22)17(23)21(6)7/h10-11,13,15H,8-9,12H2,1-7H3/t15-/m1/s1. The van der Waals surface area contributed by atoms with E-state index in [4.69, 9.17) is 0 Å². The highest BCUT2D eigenvalue weighted by Crippen LogP contribution is 2.41. The molecular formula is C19H31N3O. The van der Waals surface area contributed by atoms with Crippen LogP contribution in [0.4, 0.5) is 5.82 Å². The van der Waals surface area contributed by atoms with Gasteiger partial charge in [0.2, 0.25) is 5.91 Å². The third-order valence-electron chi connectivity index (χ3n) is 5.62. The lowest BCUT2D eigenvalue weighted by molar-refractivity contribution is -0.129. The normalized spacial score (nSPS) is 19.1. The lowest BCUT2D eigenvalue weighted by Gasteiger charge is -2.39. The number of hydrogen-bond donors (Lipinski definition) is 0. The van der Waals surface area contributed by atoms with Crippen molar-refractivity contribution in [3.05, 3.63) is 23.9 Å². The second kappa shape index (κ2) is 6.14. The van der Waals surface area contributed by atoms with Gasteiger partial charge in [0.05, 0.1) is 0 Å². The van der Waals surface area contributed by atoms with Crippen LogP contribution in [0.2, 0.25) is 0 Å². The molecule has 2 heterocycles. The van der Waals surface area contributed by atoms with Gasteiger partial charge in [-0.1, -0.05) is 40.7 Å². The van der Waals surface area contributed by atoms with Crippen LogP contribution in [0.1, 0.15) is 53.0 Å². The van der Waals surface area contributed by atoms with Crippen molar-refractivity contribution in [2.45, 2.75) is 58.9 Å². The fraction of sp³-hybridized carbons (Fsp3) is 0.684. The number of hydrogen-bond acceptors (Lipinski definition) is 3. The Morgan fingerprint density at radius 1 is 1.22 bits per heavy atom. The second-order valence-electron chi connectivity index (χ2n) is 8.36. The Bertz CT molecular complexity index is 555. The van der Waals surface area contributed by atoms with E-state index < -0.39 is 0 Å². The Balaban J connectivity index is 2.24. The molecular weight excluding hydrogens is 286 g/mol. The Morgan fingerprint density at radius 2 is 1.87 bits per heavy atom. The third kappa shape index (κ3) is 3.36. The number of aromatic nitrogens is 1. The highest BCUT2D eigenvalue weighted by molar-refractivity contribution is 5.85. The minimum absolute atomic E-state index is 0.0440. The molecule has 0 saturated carbocycles. The molecule has 2 rings (SSSR count). The molecule has 0 N–H and O–H groups in total. The number of carbonyl (C=O) groups excluding carboxylic acids is 1. The molecule has 0 radical (unpaired) electrons. The summed E-state index contributed by atoms with van der Waals surface area (Å²) in [6.07, 6.45) is 3.94. The van der Waals surface area contributed by atoms with E-state index in [2.05, 4.69) is 56.6 Å². The van der Waals surface area contributed by atoms with Gasteiger partial charge in [-0.2, -0.15) is 0 Å². The summed E-state index contributed by atoms with van der Waals surface area (Å²) in [5.74, 6) is 1.08. The number of rotatable bonds is 3. The van der Waals surface area contributed by atoms with Gasteiger partial charge in [-0.15, -0.1) is 0 Å². The molecule has 0 unspecified atom stereocenters. The lowest BCUT2D eigenvalue weighted by atomic mass is 9.66. The average molecular weight is 317 g/mol. The van der Waals surface area contributed by atoms with Crippen molar-refractivity contribution in [2.24, 2.45) is 5.41 Å². The Kier molecular flexibility index (Phi) is 4.74. The molecule has 0 bridgehead atoms. The maximum atomic E-state index is 12.3. The highest BCUT2D eigenvalue weighted by Gasteiger charge is 2.36. The third-order valence-corrected chi connectivity index (χ3v) is 5.62. The van der Waals surface area contributed by atoms with Crippen LogP contribution >= 0.6 is 0 Å². The summed E-state index contributed by atoms with van der Waals surface area (Å²) >= 11 is 0. The SMILES string of the molecule is CN(C)C(=O)[C@H]1CCCN1c1ccc(C(C)(C)C(C)(C)C)cn1. The average Bonchev–Trinajstić information content (AvgIpc) is 2.94. The molecule has 1 aliphatic heterocycles. The molecule has 0 aromatic carbocycles. The summed E-state index contributed by atoms with van der Waals surface area (Å²) in [6, 6.07) is 4.17. The van der Waals surface area contributed by atoms with Gasteiger partial charge in [-0.3, -0.25) is 4.79 Å². The Morgan fingerprint density at radius 3 is 2.35 bits per heavy atom. The molecule has 1 atom stereocenters. The van der Waals surface area contributed by atoms with Crippen molar-refractivity contribution in [2.75, 3.05) is 25.5 Å². The van der Waals surface area contributed by atoms with Gasteiger partial charge in [0.25, 0.3) is 0 Å². The minimum atomic E-state index is -0.0704. The molecule has 4 nitrogen and oxygen atoms in total. The molecule has 4 heteroatoms. The zero-order valence-corrected chi connectivity index (χ0v) is 15.7. The van der Waals surface area contributed by atoms with E-state index >= 15 is 0 Å². The number of amides is 1. The molecule has 1 aromatic rings. The number of anilines is 1. The number of nitrogens with zero attached hydrogens (tertiary/aromatic N) is 3. The van der Waals surface area contributed by atoms with E-state index in [-0.39, 0.29) is 22.8 Å². The van der Waals surface area contributed by atoms with Crippen LogP contribution in [-0.4, -0.2) is 42.5 Å². The first-order chi connectivity index (χ1) is 10.6. The van der Waals surface area contributed by atoms with E-state index in [0.29, 0.717) is 0 Å². The van der Waals surface area contributed by atoms with Crippen molar-refractivity contribution in [3.63, 3.8) is 0 Å². The number of carbonyl (C=O) groups is 1. The Hall–Kier alpha value is -1.58. The maximum absolute atomic E-state index is 12.3. The quantitative estimate of drug-likeness (QED) is 0.856. The molecule has 23 heavy (non-hydrogen) atoms. The van der Waals surface area contributed by atoms with Gasteiger partial charge in [-0.05, 0) is 35.3 Å². The molecule has 1 aromatic heterocycles. The number of pyridine rings is 1. The summed E-state index contributed by atoms with van der Waals surface area (Å²) in [7, 11) is 3.64. The van der Waals surface area contributed by atoms with Crippen LogP contribution in [0.3, 0.4) is 0 Å². The molecule has 0 aliphatic carbocycles. The molecule has 1 aliphatic rings. The van der Waals surface area contributed by atoms with Crippen LogP contribution in [0.25, 0.3) is 0 Å². The summed E-state index contributed by atoms with van der Waals surface area (Å²) in [5.41, 5.74) is 1.44. The van der Waals surface area contributed by atoms with Crippen LogP contribution in [0.15, 0.2) is 18.3 Å². The first-order valence-corrected chi connectivity index (χ1v) is 8.50. The minimum Gasteiger partial charge on any atom is -0.347 e. The van der Waals surface area contributed by atoms with Crippen molar-refractivity contribution in [3.8, 4) is 0 Å². The second-order valence-corrected chi connectivity index (χ2v) is 8.36. The highest BCUT2D eigenvalue weighted by atomic mass is 16.2. The fourth-order valence-corrected chi connectivity index (χ4v) is 2.95. The van der Waals surface area contributed by atoms with E-state index in [0.717, 1.165) is 25.2 Å². The fourth-order valence-electron chi connectivity index (χ4n) is 2.95. The zero-order valence-electron chi connectivity index (χ0n) is 15.7. The molecule has 128 valence electrons. The predicted octanol–water partition coefficient (Wildman–Crippen LogP) is 3.46. The number of likely N-dealkylation sites (N-methyl/N-ethyl adjacent to an activating group) is 1.